The van der Waals surface area contributed by atoms with Gasteiger partial charge in [-0.15, -0.1) is 11.3 Å². The number of anilines is 1. The quantitative estimate of drug-likeness (QED) is 0.775. The number of sulfone groups is 1. The Labute approximate surface area is 144 Å². The number of rotatable bonds is 4. The molecule has 0 aliphatic carbocycles. The van der Waals surface area contributed by atoms with Crippen molar-refractivity contribution in [2.24, 2.45) is 0 Å². The van der Waals surface area contributed by atoms with Crippen molar-refractivity contribution in [2.75, 3.05) is 11.6 Å². The van der Waals surface area contributed by atoms with Crippen LogP contribution in [-0.4, -0.2) is 25.6 Å². The molecule has 0 saturated carbocycles. The minimum atomic E-state index is -3.22. The zero-order valence-electron chi connectivity index (χ0n) is 13.2. The van der Waals surface area contributed by atoms with Crippen LogP contribution >= 0.6 is 11.3 Å². The maximum atomic E-state index is 12.2. The first kappa shape index (κ1) is 16.6. The standard InChI is InChI=1S/C17H16N2O3S2/c1-11-18-15-8-5-13(10-16(15)23-11)19-17(20)9-12-3-6-14(7-4-12)24(2,21)22/h3-8,10H,9H2,1-2H3,(H,19,20). The van der Waals surface area contributed by atoms with Gasteiger partial charge in [-0.05, 0) is 42.8 Å². The lowest BCUT2D eigenvalue weighted by Crippen LogP contribution is -2.14. The van der Waals surface area contributed by atoms with Gasteiger partial charge in [0.1, 0.15) is 0 Å². The average Bonchev–Trinajstić information content (AvgIpc) is 2.86. The first-order valence-corrected chi connectivity index (χ1v) is 9.98. The Balaban J connectivity index is 1.70. The Bertz CT molecular complexity index is 1010. The van der Waals surface area contributed by atoms with Crippen LogP contribution in [0.2, 0.25) is 0 Å². The largest absolute Gasteiger partial charge is 0.326 e. The number of carbonyl (C=O) groups is 1. The normalized spacial score (nSPS) is 11.6. The lowest BCUT2D eigenvalue weighted by Gasteiger charge is -2.06. The Morgan fingerprint density at radius 2 is 1.88 bits per heavy atom. The molecule has 0 radical (unpaired) electrons. The average molecular weight is 360 g/mol. The molecule has 0 spiro atoms. The second-order valence-electron chi connectivity index (χ2n) is 5.56. The predicted molar refractivity (Wildman–Crippen MR) is 96.2 cm³/mol. The molecule has 24 heavy (non-hydrogen) atoms. The van der Waals surface area contributed by atoms with Gasteiger partial charge in [-0.2, -0.15) is 0 Å². The highest BCUT2D eigenvalue weighted by Gasteiger charge is 2.09. The summed E-state index contributed by atoms with van der Waals surface area (Å²) in [7, 11) is -3.22. The molecule has 3 aromatic rings. The van der Waals surface area contributed by atoms with Gasteiger partial charge in [0.2, 0.25) is 5.91 Å². The summed E-state index contributed by atoms with van der Waals surface area (Å²) in [5.41, 5.74) is 2.41. The van der Waals surface area contributed by atoms with Gasteiger partial charge in [-0.1, -0.05) is 12.1 Å². The fourth-order valence-electron chi connectivity index (χ4n) is 2.36. The molecule has 0 fully saturated rings. The lowest BCUT2D eigenvalue weighted by atomic mass is 10.1. The van der Waals surface area contributed by atoms with Crippen molar-refractivity contribution in [3.63, 3.8) is 0 Å². The molecule has 1 N–H and O–H groups in total. The van der Waals surface area contributed by atoms with E-state index >= 15 is 0 Å². The van der Waals surface area contributed by atoms with E-state index < -0.39 is 9.84 Å². The summed E-state index contributed by atoms with van der Waals surface area (Å²) in [5.74, 6) is -0.150. The van der Waals surface area contributed by atoms with E-state index in [4.69, 9.17) is 0 Å². The van der Waals surface area contributed by atoms with E-state index in [-0.39, 0.29) is 17.2 Å². The van der Waals surface area contributed by atoms with E-state index in [1.807, 2.05) is 25.1 Å². The van der Waals surface area contributed by atoms with Crippen LogP contribution in [0.25, 0.3) is 10.2 Å². The second-order valence-corrected chi connectivity index (χ2v) is 8.81. The second kappa shape index (κ2) is 6.33. The van der Waals surface area contributed by atoms with Crippen LogP contribution in [0.15, 0.2) is 47.4 Å². The molecule has 124 valence electrons. The Morgan fingerprint density at radius 1 is 1.17 bits per heavy atom. The van der Waals surface area contributed by atoms with Gasteiger partial charge in [0.25, 0.3) is 0 Å². The molecule has 1 aromatic heterocycles. The number of aromatic nitrogens is 1. The molecule has 0 aliphatic heterocycles. The predicted octanol–water partition coefficient (Wildman–Crippen LogP) is 3.19. The van der Waals surface area contributed by atoms with Gasteiger partial charge >= 0.3 is 0 Å². The highest BCUT2D eigenvalue weighted by molar-refractivity contribution is 7.90. The molecule has 0 aliphatic rings. The van der Waals surface area contributed by atoms with Crippen molar-refractivity contribution in [3.05, 3.63) is 53.0 Å². The van der Waals surface area contributed by atoms with E-state index in [1.165, 1.54) is 12.1 Å². The number of hydrogen-bond acceptors (Lipinski definition) is 5. The molecule has 0 atom stereocenters. The lowest BCUT2D eigenvalue weighted by molar-refractivity contribution is -0.115. The van der Waals surface area contributed by atoms with Gasteiger partial charge < -0.3 is 5.32 Å². The minimum absolute atomic E-state index is 0.150. The van der Waals surface area contributed by atoms with Crippen molar-refractivity contribution < 1.29 is 13.2 Å². The molecule has 0 bridgehead atoms. The summed E-state index contributed by atoms with van der Waals surface area (Å²) in [6.07, 6.45) is 1.34. The maximum absolute atomic E-state index is 12.2. The molecule has 1 heterocycles. The minimum Gasteiger partial charge on any atom is -0.326 e. The third-order valence-corrected chi connectivity index (χ3v) is 5.56. The van der Waals surface area contributed by atoms with Crippen molar-refractivity contribution >= 4 is 43.0 Å². The van der Waals surface area contributed by atoms with Crippen LogP contribution in [0, 0.1) is 6.92 Å². The SMILES string of the molecule is Cc1nc2ccc(NC(=O)Cc3ccc(S(C)(=O)=O)cc3)cc2s1. The summed E-state index contributed by atoms with van der Waals surface area (Å²) < 4.78 is 23.9. The van der Waals surface area contributed by atoms with Gasteiger partial charge in [0.15, 0.2) is 9.84 Å². The number of benzene rings is 2. The molecule has 3 rings (SSSR count). The molecular weight excluding hydrogens is 344 g/mol. The van der Waals surface area contributed by atoms with Crippen LogP contribution in [-0.2, 0) is 21.1 Å². The molecule has 1 amide bonds. The summed E-state index contributed by atoms with van der Waals surface area (Å²) in [4.78, 5) is 16.8. The van der Waals surface area contributed by atoms with Crippen LogP contribution in [0.5, 0.6) is 0 Å². The number of amides is 1. The van der Waals surface area contributed by atoms with Crippen LogP contribution in [0.4, 0.5) is 5.69 Å². The number of carbonyl (C=O) groups excluding carboxylic acids is 1. The zero-order chi connectivity index (χ0) is 17.3. The molecular formula is C17H16N2O3S2. The summed E-state index contributed by atoms with van der Waals surface area (Å²) in [6.45, 7) is 1.95. The molecule has 0 saturated heterocycles. The monoisotopic (exact) mass is 360 g/mol. The van der Waals surface area contributed by atoms with Gasteiger partial charge in [0.05, 0.1) is 26.5 Å². The molecule has 7 heteroatoms. The van der Waals surface area contributed by atoms with Gasteiger partial charge in [-0.25, -0.2) is 13.4 Å². The molecule has 2 aromatic carbocycles. The smallest absolute Gasteiger partial charge is 0.228 e. The summed E-state index contributed by atoms with van der Waals surface area (Å²) in [5, 5.41) is 3.84. The van der Waals surface area contributed by atoms with Crippen molar-refractivity contribution in [2.45, 2.75) is 18.2 Å². The summed E-state index contributed by atoms with van der Waals surface area (Å²) >= 11 is 1.58. The molecule has 0 unspecified atom stereocenters. The van der Waals surface area contributed by atoms with E-state index in [9.17, 15) is 13.2 Å². The van der Waals surface area contributed by atoms with Crippen LogP contribution in [0.3, 0.4) is 0 Å². The van der Waals surface area contributed by atoms with E-state index in [2.05, 4.69) is 10.3 Å². The maximum Gasteiger partial charge on any atom is 0.228 e. The Hall–Kier alpha value is -2.25. The van der Waals surface area contributed by atoms with Crippen molar-refractivity contribution in [1.29, 1.82) is 0 Å². The van der Waals surface area contributed by atoms with Crippen LogP contribution < -0.4 is 5.32 Å². The number of thiazole rings is 1. The number of aryl methyl sites for hydroxylation is 1. The topological polar surface area (TPSA) is 76.1 Å². The third-order valence-electron chi connectivity index (χ3n) is 3.50. The third kappa shape index (κ3) is 3.80. The number of nitrogens with one attached hydrogen (secondary N) is 1. The molecule has 5 nitrogen and oxygen atoms in total. The fraction of sp³-hybridized carbons (Fsp3) is 0.176. The Kier molecular flexibility index (Phi) is 4.38. The number of fused-ring (bicyclic) bond motifs is 1. The van der Waals surface area contributed by atoms with E-state index in [0.29, 0.717) is 0 Å². The summed E-state index contributed by atoms with van der Waals surface area (Å²) in [6, 6.07) is 12.0. The van der Waals surface area contributed by atoms with E-state index in [0.717, 1.165) is 32.7 Å². The number of nitrogens with zero attached hydrogens (tertiary/aromatic N) is 1. The first-order chi connectivity index (χ1) is 11.3. The highest BCUT2D eigenvalue weighted by Crippen LogP contribution is 2.24. The van der Waals surface area contributed by atoms with Crippen molar-refractivity contribution in [1.82, 2.24) is 4.98 Å². The van der Waals surface area contributed by atoms with Gasteiger partial charge in [0, 0.05) is 11.9 Å². The highest BCUT2D eigenvalue weighted by atomic mass is 32.2. The van der Waals surface area contributed by atoms with Crippen molar-refractivity contribution in [3.8, 4) is 0 Å². The van der Waals surface area contributed by atoms with Gasteiger partial charge in [-0.3, -0.25) is 4.79 Å². The van der Waals surface area contributed by atoms with E-state index in [1.54, 1.807) is 23.5 Å². The Morgan fingerprint density at radius 3 is 2.54 bits per heavy atom. The number of hydrogen-bond donors (Lipinski definition) is 1. The van der Waals surface area contributed by atoms with Crippen LogP contribution in [0.1, 0.15) is 10.6 Å². The first-order valence-electron chi connectivity index (χ1n) is 7.27. The zero-order valence-corrected chi connectivity index (χ0v) is 14.9. The fourth-order valence-corrected chi connectivity index (χ4v) is 3.86.